The second-order valence-electron chi connectivity index (χ2n) is 22.4. The summed E-state index contributed by atoms with van der Waals surface area (Å²) in [6, 6.07) is 8.14. The standard InChI is InChI=1S/C54H63Cl4N10O17P3S/c1-10-67-31-19-33-29(17-27(31)25(3)21-53(67,5)6)37(30-18-28-26(4)22-54(7,8)68(11-2)32(28)20-34(30)81-33)38-39(41(56)43(58)42(57)40(38)55)49(72)65(9)16-12-13-36(69)60-14-15-61-52(73)83-46-45(70)35(23-80-86(74,75)84-87(76,77)85-88(78,79)89)82-50(46)66-24-62-44-47(66)63-51(59)64-48(44)71/h17-22,24,35,45-46,50,70H,10-16,23H2,1-9H3,(H8-,59,60,61,63,64,69,71,73,74,75,76,77,78,79,89)/p+1/t35-,45-,46-,50-/m1/s1. The molecule has 2 aromatic heterocycles. The highest BCUT2D eigenvalue weighted by atomic mass is 35.5. The van der Waals surface area contributed by atoms with E-state index in [1.165, 1.54) is 4.90 Å². The number of aliphatic hydroxyl groups excluding tert-OH is 1. The highest BCUT2D eigenvalue weighted by Gasteiger charge is 2.50. The van der Waals surface area contributed by atoms with Gasteiger partial charge in [0.1, 0.15) is 30.3 Å². The minimum atomic E-state index is -5.72. The molecular weight excluding hydrogens is 1330 g/mol. The molecule has 6 atom stereocenters. The zero-order valence-electron chi connectivity index (χ0n) is 49.2. The number of alkyl carbamates (subject to hydrolysis) is 1. The molecule has 89 heavy (non-hydrogen) atoms. The van der Waals surface area contributed by atoms with Gasteiger partial charge >= 0.3 is 28.5 Å². The van der Waals surface area contributed by atoms with Crippen LogP contribution in [0.3, 0.4) is 0 Å². The van der Waals surface area contributed by atoms with E-state index in [0.717, 1.165) is 44.2 Å². The summed E-state index contributed by atoms with van der Waals surface area (Å²) in [6.07, 6.45) is -2.69. The van der Waals surface area contributed by atoms with Crippen LogP contribution in [0.4, 0.5) is 16.4 Å². The van der Waals surface area contributed by atoms with Crippen molar-refractivity contribution in [3.63, 3.8) is 0 Å². The number of rotatable bonds is 20. The number of aromatic nitrogens is 4. The Kier molecular flexibility index (Phi) is 19.6. The second-order valence-corrected chi connectivity index (χ2v) is 29.7. The van der Waals surface area contributed by atoms with Gasteiger partial charge in [-0.3, -0.25) is 28.5 Å². The van der Waals surface area contributed by atoms with Crippen molar-refractivity contribution in [3.8, 4) is 11.5 Å². The fourth-order valence-electron chi connectivity index (χ4n) is 11.7. The molecule has 0 spiro atoms. The van der Waals surface area contributed by atoms with Gasteiger partial charge in [0, 0.05) is 98.3 Å². The van der Waals surface area contributed by atoms with Gasteiger partial charge in [0.2, 0.25) is 17.2 Å². The summed E-state index contributed by atoms with van der Waals surface area (Å²) in [7, 11) is -9.81. The number of halogens is 4. The summed E-state index contributed by atoms with van der Waals surface area (Å²) in [5.74, 6) is -0.384. The fourth-order valence-corrected chi connectivity index (χ4v) is 16.5. The third-order valence-electron chi connectivity index (χ3n) is 15.3. The van der Waals surface area contributed by atoms with Gasteiger partial charge in [-0.05, 0) is 89.1 Å². The molecule has 0 saturated carbocycles. The van der Waals surface area contributed by atoms with Crippen molar-refractivity contribution in [1.29, 1.82) is 0 Å². The molecule has 6 heterocycles. The van der Waals surface area contributed by atoms with Crippen LogP contribution in [-0.2, 0) is 48.4 Å². The van der Waals surface area contributed by atoms with Gasteiger partial charge in [0.15, 0.2) is 29.0 Å². The van der Waals surface area contributed by atoms with Gasteiger partial charge in [-0.25, -0.2) is 27.8 Å². The van der Waals surface area contributed by atoms with Gasteiger partial charge < -0.3 is 65.1 Å². The van der Waals surface area contributed by atoms with Crippen molar-refractivity contribution in [2.75, 3.05) is 57.0 Å². The number of nitrogen functional groups attached to an aromatic ring is 1. The number of carbonyl (C=O) groups excluding carboxylic acids is 3. The summed E-state index contributed by atoms with van der Waals surface area (Å²) in [4.78, 5) is 107. The number of fused-ring (bicyclic) bond motifs is 5. The topological polar surface area (TPSA) is 365 Å². The number of aromatic amines is 1. The number of hydrogen-bond donors (Lipinski definition) is 9. The van der Waals surface area contributed by atoms with Gasteiger partial charge in [-0.1, -0.05) is 52.5 Å². The van der Waals surface area contributed by atoms with Crippen molar-refractivity contribution < 1.29 is 75.5 Å². The average Bonchev–Trinajstić information content (AvgIpc) is 1.33. The quantitative estimate of drug-likeness (QED) is 0.0124. The lowest BCUT2D eigenvalue weighted by Gasteiger charge is -2.43. The molecule has 1 fully saturated rings. The SMILES string of the molecule is CCN1c2cc3c(cc2C(C)=CC1(C)C)C(c1c(Cl)c(Cl)c(Cl)c(Cl)c1C(=O)N(C)CCCC(=O)NCCNC(=O)O[C@@H]1[C@H](O)[C@@H](COP(=O)(O)OP(=O)(O)OP(O)(O)=S)O[C@H]1n1cnc2c(=O)[nH]c(N)nc21)=c1cc2c(cc1O3)=[N+](CC)C(C)(C)C=C2C. The fraction of sp³-hybridized carbons (Fsp3) is 0.426. The molecule has 4 aliphatic heterocycles. The van der Waals surface area contributed by atoms with Crippen LogP contribution in [0.2, 0.25) is 20.1 Å². The lowest BCUT2D eigenvalue weighted by Crippen LogP contribution is -2.49. The molecule has 10 N–H and O–H groups in total. The lowest BCUT2D eigenvalue weighted by molar-refractivity contribution is -0.121. The van der Waals surface area contributed by atoms with Gasteiger partial charge in [-0.2, -0.15) is 9.29 Å². The molecule has 3 aromatic carbocycles. The number of nitrogens with zero attached hydrogens (tertiary/aromatic N) is 6. The first kappa shape index (κ1) is 68.1. The molecule has 5 aromatic rings. The van der Waals surface area contributed by atoms with E-state index in [2.05, 4.69) is 123 Å². The van der Waals surface area contributed by atoms with E-state index in [1.807, 2.05) is 24.3 Å². The Morgan fingerprint density at radius 2 is 1.58 bits per heavy atom. The summed E-state index contributed by atoms with van der Waals surface area (Å²) in [6.45, 7) is 11.9. The predicted octanol–water partition coefficient (Wildman–Crippen LogP) is 6.88. The van der Waals surface area contributed by atoms with Crippen molar-refractivity contribution in [3.05, 3.63) is 112 Å². The Hall–Kier alpha value is -5.32. The average molecular weight is 1390 g/mol. The molecule has 0 aliphatic carbocycles. The number of nitrogens with two attached hydrogens (primary N) is 1. The summed E-state index contributed by atoms with van der Waals surface area (Å²) < 4.78 is 59.0. The van der Waals surface area contributed by atoms with Gasteiger partial charge in [0.25, 0.3) is 11.5 Å². The Balaban J connectivity index is 0.909. The number of aliphatic hydroxyl groups is 1. The van der Waals surface area contributed by atoms with E-state index in [-0.39, 0.29) is 91.9 Å². The number of carbonyl (C=O) groups is 3. The van der Waals surface area contributed by atoms with E-state index in [9.17, 15) is 48.2 Å². The van der Waals surface area contributed by atoms with Crippen molar-refractivity contribution in [1.82, 2.24) is 39.6 Å². The molecule has 3 amide bonds. The summed E-state index contributed by atoms with van der Waals surface area (Å²) >= 11 is 32.4. The number of imidazole rings is 1. The van der Waals surface area contributed by atoms with E-state index in [4.69, 9.17) is 70.9 Å². The molecule has 1 saturated heterocycles. The van der Waals surface area contributed by atoms with E-state index in [1.54, 1.807) is 7.05 Å². The minimum Gasteiger partial charge on any atom is -0.456 e. The first-order chi connectivity index (χ1) is 41.5. The maximum Gasteiger partial charge on any atom is 0.488 e. The molecule has 9 rings (SSSR count). The number of allylic oxidation sites excluding steroid dienone is 2. The second kappa shape index (κ2) is 25.6. The molecule has 35 heteroatoms. The number of likely N-dealkylation sites (N-methyl/N-ethyl adjacent to an activating group) is 2. The maximum absolute atomic E-state index is 15.1. The number of hydrogen-bond acceptors (Lipinski definition) is 18. The molecule has 2 unspecified atom stereocenters. The lowest BCUT2D eigenvalue weighted by atomic mass is 9.83. The van der Waals surface area contributed by atoms with Crippen LogP contribution in [-0.4, -0.2) is 143 Å². The Labute approximate surface area is 534 Å². The summed E-state index contributed by atoms with van der Waals surface area (Å²) in [5, 5.41) is 17.6. The highest BCUT2D eigenvalue weighted by Crippen LogP contribution is 2.66. The third kappa shape index (κ3) is 13.9. The van der Waals surface area contributed by atoms with Crippen LogP contribution in [0.1, 0.15) is 107 Å². The Morgan fingerprint density at radius 3 is 2.26 bits per heavy atom. The van der Waals surface area contributed by atoms with Gasteiger partial charge in [0.05, 0.1) is 50.2 Å². The van der Waals surface area contributed by atoms with Crippen LogP contribution in [0, 0.1) is 0 Å². The van der Waals surface area contributed by atoms with Crippen LogP contribution < -0.4 is 46.7 Å². The molecule has 480 valence electrons. The zero-order chi connectivity index (χ0) is 65.4. The first-order valence-electron chi connectivity index (χ1n) is 27.5. The largest absolute Gasteiger partial charge is 0.488 e. The number of H-pyrrole nitrogens is 1. The smallest absolute Gasteiger partial charge is 0.456 e. The minimum absolute atomic E-state index is 0.0200. The van der Waals surface area contributed by atoms with Crippen molar-refractivity contribution >= 4 is 138 Å². The number of benzene rings is 3. The van der Waals surface area contributed by atoms with Gasteiger partial charge in [-0.15, -0.1) is 0 Å². The number of phosphoric acid groups is 2. The van der Waals surface area contributed by atoms with Crippen LogP contribution in [0.15, 0.2) is 47.5 Å². The number of amides is 3. The summed E-state index contributed by atoms with van der Waals surface area (Å²) in [5.41, 5.74) is 10.1. The monoisotopic (exact) mass is 1390 g/mol. The first-order valence-corrected chi connectivity index (χ1v) is 34.6. The molecule has 0 bridgehead atoms. The number of nitrogens with one attached hydrogen (secondary N) is 3. The maximum atomic E-state index is 15.1. The van der Waals surface area contributed by atoms with Crippen molar-refractivity contribution in [2.45, 2.75) is 104 Å². The Morgan fingerprint density at radius 1 is 0.910 bits per heavy atom. The molecule has 0 radical (unpaired) electrons. The normalized spacial score (nSPS) is 20.4. The van der Waals surface area contributed by atoms with Crippen molar-refractivity contribution in [2.24, 2.45) is 0 Å². The van der Waals surface area contributed by atoms with Crippen LogP contribution in [0.5, 0.6) is 11.5 Å². The zero-order valence-corrected chi connectivity index (χ0v) is 55.7. The van der Waals surface area contributed by atoms with E-state index >= 15 is 4.79 Å². The van der Waals surface area contributed by atoms with Crippen LogP contribution in [0.25, 0.3) is 27.9 Å². The third-order valence-corrected chi connectivity index (χ3v) is 21.5. The van der Waals surface area contributed by atoms with E-state index < -0.39 is 77.0 Å². The molecule has 27 nitrogen and oxygen atoms in total. The Bertz CT molecular complexity index is 4200. The van der Waals surface area contributed by atoms with E-state index in [0.29, 0.717) is 40.9 Å². The number of phosphoric ester groups is 1. The highest BCUT2D eigenvalue weighted by molar-refractivity contribution is 8.08. The molecule has 4 aliphatic rings. The molecular formula is C54H64Cl4N10O17P3S+. The number of ether oxygens (including phenoxy) is 3. The van der Waals surface area contributed by atoms with Crippen LogP contribution >= 0.6 is 68.8 Å². The number of anilines is 2. The predicted molar refractivity (Wildman–Crippen MR) is 337 cm³/mol.